The van der Waals surface area contributed by atoms with Crippen LogP contribution in [0.15, 0.2) is 24.3 Å². The molecule has 6 heteroatoms. The minimum atomic E-state index is -1.02. The summed E-state index contributed by atoms with van der Waals surface area (Å²) in [6.45, 7) is 2.29. The molecule has 0 atom stereocenters. The van der Waals surface area contributed by atoms with Gasteiger partial charge in [-0.05, 0) is 31.2 Å². The molecule has 1 heterocycles. The highest BCUT2D eigenvalue weighted by Gasteiger charge is 2.16. The lowest BCUT2D eigenvalue weighted by Gasteiger charge is -2.10. The van der Waals surface area contributed by atoms with Gasteiger partial charge in [-0.1, -0.05) is 23.2 Å². The van der Waals surface area contributed by atoms with Gasteiger partial charge >= 0.3 is 5.97 Å². The van der Waals surface area contributed by atoms with Crippen LogP contribution in [-0.4, -0.2) is 15.6 Å². The van der Waals surface area contributed by atoms with Gasteiger partial charge in [-0.15, -0.1) is 0 Å². The Kier molecular flexibility index (Phi) is 3.83. The van der Waals surface area contributed by atoms with Crippen molar-refractivity contribution in [3.63, 3.8) is 0 Å². The van der Waals surface area contributed by atoms with E-state index in [0.717, 1.165) is 0 Å². The van der Waals surface area contributed by atoms with Crippen LogP contribution in [0.4, 0.5) is 4.39 Å². The maximum absolute atomic E-state index is 13.4. The van der Waals surface area contributed by atoms with E-state index in [1.807, 2.05) is 6.92 Å². The standard InChI is InChI=1S/C13H10Cl2FNO2/c1-2-17-10(3-4-11(17)13(18)19)7-5-8(14)12(16)9(15)6-7/h3-6H,2H2,1H3,(H,18,19). The lowest BCUT2D eigenvalue weighted by atomic mass is 10.1. The Morgan fingerprint density at radius 2 is 1.89 bits per heavy atom. The van der Waals surface area contributed by atoms with E-state index in [0.29, 0.717) is 17.8 Å². The lowest BCUT2D eigenvalue weighted by Crippen LogP contribution is -2.08. The second-order valence-corrected chi connectivity index (χ2v) is 4.72. The molecule has 0 amide bonds. The van der Waals surface area contributed by atoms with E-state index >= 15 is 0 Å². The number of carbonyl (C=O) groups is 1. The highest BCUT2D eigenvalue weighted by molar-refractivity contribution is 6.35. The molecule has 3 nitrogen and oxygen atoms in total. The van der Waals surface area contributed by atoms with E-state index in [1.165, 1.54) is 18.2 Å². The first-order valence-corrected chi connectivity index (χ1v) is 6.29. The fraction of sp³-hybridized carbons (Fsp3) is 0.154. The van der Waals surface area contributed by atoms with E-state index < -0.39 is 11.8 Å². The van der Waals surface area contributed by atoms with E-state index in [2.05, 4.69) is 0 Å². The quantitative estimate of drug-likeness (QED) is 0.858. The molecular formula is C13H10Cl2FNO2. The summed E-state index contributed by atoms with van der Waals surface area (Å²) in [6.07, 6.45) is 0. The molecule has 1 N–H and O–H groups in total. The van der Waals surface area contributed by atoms with Crippen LogP contribution in [0.2, 0.25) is 10.0 Å². The Hall–Kier alpha value is -1.52. The van der Waals surface area contributed by atoms with E-state index in [-0.39, 0.29) is 15.7 Å². The number of nitrogens with zero attached hydrogens (tertiary/aromatic N) is 1. The molecule has 0 unspecified atom stereocenters. The largest absolute Gasteiger partial charge is 0.477 e. The van der Waals surface area contributed by atoms with Gasteiger partial charge in [-0.25, -0.2) is 9.18 Å². The molecule has 0 bridgehead atoms. The van der Waals surface area contributed by atoms with Crippen LogP contribution in [0.5, 0.6) is 0 Å². The summed E-state index contributed by atoms with van der Waals surface area (Å²) in [5, 5.41) is 8.89. The topological polar surface area (TPSA) is 42.2 Å². The molecular weight excluding hydrogens is 292 g/mol. The normalized spacial score (nSPS) is 10.7. The van der Waals surface area contributed by atoms with Crippen LogP contribution in [0.25, 0.3) is 11.3 Å². The molecule has 0 radical (unpaired) electrons. The number of aromatic nitrogens is 1. The molecule has 2 rings (SSSR count). The number of hydrogen-bond acceptors (Lipinski definition) is 1. The first-order valence-electron chi connectivity index (χ1n) is 5.53. The second kappa shape index (κ2) is 5.23. The average molecular weight is 302 g/mol. The van der Waals surface area contributed by atoms with Gasteiger partial charge in [0.25, 0.3) is 0 Å². The van der Waals surface area contributed by atoms with Crippen molar-refractivity contribution in [1.82, 2.24) is 4.57 Å². The van der Waals surface area contributed by atoms with Crippen molar-refractivity contribution in [1.29, 1.82) is 0 Å². The van der Waals surface area contributed by atoms with Crippen molar-refractivity contribution in [3.05, 3.63) is 45.8 Å². The van der Waals surface area contributed by atoms with Gasteiger partial charge < -0.3 is 9.67 Å². The third-order valence-corrected chi connectivity index (χ3v) is 3.35. The number of hydrogen-bond donors (Lipinski definition) is 1. The van der Waals surface area contributed by atoms with Crippen LogP contribution in [-0.2, 0) is 6.54 Å². The summed E-state index contributed by atoms with van der Waals surface area (Å²) in [5.41, 5.74) is 1.36. The third-order valence-electron chi connectivity index (χ3n) is 2.80. The highest BCUT2D eigenvalue weighted by atomic mass is 35.5. The van der Waals surface area contributed by atoms with Crippen molar-refractivity contribution in [2.75, 3.05) is 0 Å². The molecule has 2 aromatic rings. The van der Waals surface area contributed by atoms with Gasteiger partial charge in [-0.2, -0.15) is 0 Å². The predicted octanol–water partition coefficient (Wildman–Crippen LogP) is 4.32. The summed E-state index contributed by atoms with van der Waals surface area (Å²) < 4.78 is 15.0. The number of rotatable bonds is 3. The van der Waals surface area contributed by atoms with Gasteiger partial charge in [0.15, 0.2) is 5.82 Å². The summed E-state index contributed by atoms with van der Waals surface area (Å²) in [7, 11) is 0. The van der Waals surface area contributed by atoms with Crippen molar-refractivity contribution >= 4 is 29.2 Å². The van der Waals surface area contributed by atoms with Crippen molar-refractivity contribution in [2.45, 2.75) is 13.5 Å². The Labute approximate surface area is 119 Å². The van der Waals surface area contributed by atoms with Gasteiger partial charge in [0.2, 0.25) is 0 Å². The van der Waals surface area contributed by atoms with Gasteiger partial charge in [0.05, 0.1) is 10.0 Å². The SMILES string of the molecule is CCn1c(C(=O)O)ccc1-c1cc(Cl)c(F)c(Cl)c1. The smallest absolute Gasteiger partial charge is 0.352 e. The molecule has 0 saturated heterocycles. The number of halogens is 3. The lowest BCUT2D eigenvalue weighted by molar-refractivity contribution is 0.0685. The van der Waals surface area contributed by atoms with Crippen LogP contribution >= 0.6 is 23.2 Å². The molecule has 0 aliphatic carbocycles. The highest BCUT2D eigenvalue weighted by Crippen LogP contribution is 2.31. The molecule has 1 aromatic heterocycles. The number of carboxylic acid groups (broad SMARTS) is 1. The average Bonchev–Trinajstić information content (AvgIpc) is 2.79. The van der Waals surface area contributed by atoms with Crippen molar-refractivity contribution in [2.24, 2.45) is 0 Å². The first kappa shape index (κ1) is 13.9. The molecule has 0 spiro atoms. The van der Waals surface area contributed by atoms with E-state index in [1.54, 1.807) is 10.6 Å². The Morgan fingerprint density at radius 3 is 2.37 bits per heavy atom. The molecule has 0 aliphatic heterocycles. The summed E-state index contributed by atoms with van der Waals surface area (Å²) in [5.74, 6) is -1.70. The first-order chi connectivity index (χ1) is 8.95. The van der Waals surface area contributed by atoms with E-state index in [9.17, 15) is 9.18 Å². The molecule has 0 saturated carbocycles. The zero-order valence-electron chi connectivity index (χ0n) is 9.95. The van der Waals surface area contributed by atoms with Gasteiger partial charge in [0.1, 0.15) is 5.69 Å². The minimum Gasteiger partial charge on any atom is -0.477 e. The molecule has 19 heavy (non-hydrogen) atoms. The maximum atomic E-state index is 13.4. The number of benzene rings is 1. The predicted molar refractivity (Wildman–Crippen MR) is 72.5 cm³/mol. The fourth-order valence-corrected chi connectivity index (χ4v) is 2.44. The van der Waals surface area contributed by atoms with Gasteiger partial charge in [-0.3, -0.25) is 0 Å². The zero-order chi connectivity index (χ0) is 14.2. The van der Waals surface area contributed by atoms with Crippen molar-refractivity contribution < 1.29 is 14.3 Å². The van der Waals surface area contributed by atoms with Crippen LogP contribution in [0.3, 0.4) is 0 Å². The fourth-order valence-electron chi connectivity index (χ4n) is 1.95. The summed E-state index contributed by atoms with van der Waals surface area (Å²) in [6, 6.07) is 5.99. The Bertz CT molecular complexity index is 629. The van der Waals surface area contributed by atoms with Crippen LogP contribution in [0, 0.1) is 5.82 Å². The summed E-state index contributed by atoms with van der Waals surface area (Å²) in [4.78, 5) is 11.1. The molecule has 100 valence electrons. The number of aromatic carboxylic acids is 1. The molecule has 0 fully saturated rings. The third kappa shape index (κ3) is 2.46. The monoisotopic (exact) mass is 301 g/mol. The Morgan fingerprint density at radius 1 is 1.32 bits per heavy atom. The Balaban J connectivity index is 2.62. The zero-order valence-corrected chi connectivity index (χ0v) is 11.5. The van der Waals surface area contributed by atoms with E-state index in [4.69, 9.17) is 28.3 Å². The second-order valence-electron chi connectivity index (χ2n) is 3.91. The molecule has 1 aromatic carbocycles. The molecule has 0 aliphatic rings. The van der Waals surface area contributed by atoms with Gasteiger partial charge in [0, 0.05) is 17.8 Å². The maximum Gasteiger partial charge on any atom is 0.352 e. The summed E-state index contributed by atoms with van der Waals surface area (Å²) >= 11 is 11.5. The number of carboxylic acids is 1. The van der Waals surface area contributed by atoms with Crippen molar-refractivity contribution in [3.8, 4) is 11.3 Å². The van der Waals surface area contributed by atoms with Crippen LogP contribution < -0.4 is 0 Å². The minimum absolute atomic E-state index is 0.0942. The van der Waals surface area contributed by atoms with Crippen LogP contribution in [0.1, 0.15) is 17.4 Å².